The number of nitrogen functional groups attached to an aromatic ring is 1. The van der Waals surface area contributed by atoms with Gasteiger partial charge in [0.1, 0.15) is 5.82 Å². The number of nitrogens with one attached hydrogen (secondary N) is 2. The molecule has 0 saturated heterocycles. The molecule has 0 aliphatic heterocycles. The number of nitrogens with zero attached hydrogens (tertiary/aromatic N) is 2. The van der Waals surface area contributed by atoms with E-state index >= 15 is 0 Å². The summed E-state index contributed by atoms with van der Waals surface area (Å²) in [6.07, 6.45) is 0. The Morgan fingerprint density at radius 2 is 2.17 bits per heavy atom. The highest BCUT2D eigenvalue weighted by Crippen LogP contribution is 2.11. The van der Waals surface area contributed by atoms with E-state index < -0.39 is 11.5 Å². The van der Waals surface area contributed by atoms with Crippen LogP contribution < -0.4 is 11.3 Å². The lowest BCUT2D eigenvalue weighted by Gasteiger charge is -1.83. The van der Waals surface area contributed by atoms with E-state index in [2.05, 4.69) is 20.4 Å². The van der Waals surface area contributed by atoms with Crippen LogP contribution in [0.25, 0.3) is 0 Å². The smallest absolute Gasteiger partial charge is 0.293 e. The molecule has 0 aromatic carbocycles. The Morgan fingerprint density at radius 1 is 1.50 bits per heavy atom. The zero-order chi connectivity index (χ0) is 9.14. The standard InChI is InChI=1S/C5H7N5O2/c1-2(11)7-8-3-4(6)9-10-5(3)12/h1H3,(H4,6,9,10,12). The van der Waals surface area contributed by atoms with Crippen LogP contribution in [0.15, 0.2) is 15.0 Å². The molecule has 0 fully saturated rings. The van der Waals surface area contributed by atoms with E-state index in [1.807, 2.05) is 0 Å². The van der Waals surface area contributed by atoms with Gasteiger partial charge in [-0.1, -0.05) is 0 Å². The third-order valence-corrected chi connectivity index (χ3v) is 1.07. The fraction of sp³-hybridized carbons (Fsp3) is 0.200. The number of H-pyrrole nitrogens is 2. The number of aromatic amines is 2. The monoisotopic (exact) mass is 169 g/mol. The van der Waals surface area contributed by atoms with Gasteiger partial charge in [0.25, 0.3) is 11.5 Å². The van der Waals surface area contributed by atoms with Crippen molar-refractivity contribution in [1.82, 2.24) is 10.2 Å². The van der Waals surface area contributed by atoms with E-state index in [-0.39, 0.29) is 11.5 Å². The number of nitrogens with two attached hydrogens (primary N) is 1. The second-order valence-corrected chi connectivity index (χ2v) is 2.06. The van der Waals surface area contributed by atoms with Crippen LogP contribution in [-0.4, -0.2) is 16.1 Å². The Bertz CT molecular complexity index is 373. The Balaban J connectivity index is 3.03. The summed E-state index contributed by atoms with van der Waals surface area (Å²) < 4.78 is 0. The molecule has 1 rings (SSSR count). The van der Waals surface area contributed by atoms with Crippen molar-refractivity contribution < 1.29 is 4.79 Å². The Labute approximate surface area is 66.7 Å². The largest absolute Gasteiger partial charge is 0.382 e. The highest BCUT2D eigenvalue weighted by molar-refractivity contribution is 5.73. The molecule has 1 heterocycles. The first-order chi connectivity index (χ1) is 5.61. The Kier molecular flexibility index (Phi) is 2.04. The summed E-state index contributed by atoms with van der Waals surface area (Å²) in [7, 11) is 0. The minimum Gasteiger partial charge on any atom is -0.382 e. The number of carbonyl (C=O) groups is 1. The molecule has 0 unspecified atom stereocenters. The van der Waals surface area contributed by atoms with Gasteiger partial charge in [0.15, 0.2) is 5.69 Å². The number of anilines is 1. The average molecular weight is 169 g/mol. The lowest BCUT2D eigenvalue weighted by Crippen LogP contribution is -1.97. The maximum Gasteiger partial charge on any atom is 0.293 e. The quantitative estimate of drug-likeness (QED) is 0.510. The second-order valence-electron chi connectivity index (χ2n) is 2.06. The predicted octanol–water partition coefficient (Wildman–Crippen LogP) is -0.0846. The van der Waals surface area contributed by atoms with Gasteiger partial charge in [-0.15, -0.1) is 10.2 Å². The van der Waals surface area contributed by atoms with Gasteiger partial charge in [0.2, 0.25) is 0 Å². The van der Waals surface area contributed by atoms with Gasteiger partial charge in [-0.25, -0.2) is 0 Å². The van der Waals surface area contributed by atoms with Crippen molar-refractivity contribution in [2.45, 2.75) is 6.92 Å². The molecule has 7 nitrogen and oxygen atoms in total. The van der Waals surface area contributed by atoms with Crippen LogP contribution in [0.3, 0.4) is 0 Å². The summed E-state index contributed by atoms with van der Waals surface area (Å²) in [5.74, 6) is -0.431. The Morgan fingerprint density at radius 3 is 2.58 bits per heavy atom. The molecule has 12 heavy (non-hydrogen) atoms. The van der Waals surface area contributed by atoms with E-state index in [0.717, 1.165) is 0 Å². The minimum atomic E-state index is -0.502. The zero-order valence-electron chi connectivity index (χ0n) is 6.29. The third kappa shape index (κ3) is 1.57. The molecular formula is C5H7N5O2. The molecule has 64 valence electrons. The van der Waals surface area contributed by atoms with Crippen molar-refractivity contribution in [3.63, 3.8) is 0 Å². The maximum absolute atomic E-state index is 10.8. The molecule has 0 spiro atoms. The molecule has 1 aromatic rings. The van der Waals surface area contributed by atoms with Crippen LogP contribution >= 0.6 is 0 Å². The van der Waals surface area contributed by atoms with Gasteiger partial charge in [0, 0.05) is 6.92 Å². The first-order valence-corrected chi connectivity index (χ1v) is 3.09. The minimum absolute atomic E-state index is 0.0602. The molecule has 0 radical (unpaired) electrons. The summed E-state index contributed by atoms with van der Waals surface area (Å²) in [6, 6.07) is 0. The van der Waals surface area contributed by atoms with E-state index in [1.165, 1.54) is 6.92 Å². The summed E-state index contributed by atoms with van der Waals surface area (Å²) in [4.78, 5) is 21.2. The summed E-state index contributed by atoms with van der Waals surface area (Å²) in [5.41, 5.74) is 4.69. The fourth-order valence-corrected chi connectivity index (χ4v) is 0.585. The van der Waals surface area contributed by atoms with E-state index in [1.54, 1.807) is 0 Å². The van der Waals surface area contributed by atoms with E-state index in [9.17, 15) is 9.59 Å². The summed E-state index contributed by atoms with van der Waals surface area (Å²) in [6.45, 7) is 1.22. The van der Waals surface area contributed by atoms with Gasteiger partial charge >= 0.3 is 0 Å². The molecular weight excluding hydrogens is 162 g/mol. The molecule has 0 atom stereocenters. The van der Waals surface area contributed by atoms with Gasteiger partial charge in [-0.3, -0.25) is 19.8 Å². The second kappa shape index (κ2) is 2.99. The van der Waals surface area contributed by atoms with Crippen molar-refractivity contribution in [1.29, 1.82) is 0 Å². The molecule has 0 aliphatic rings. The molecule has 0 bridgehead atoms. The molecule has 0 aliphatic carbocycles. The molecule has 1 aromatic heterocycles. The lowest BCUT2D eigenvalue weighted by molar-refractivity contribution is -0.116. The first kappa shape index (κ1) is 8.18. The normalized spacial score (nSPS) is 10.8. The van der Waals surface area contributed by atoms with Crippen LogP contribution in [-0.2, 0) is 4.79 Å². The van der Waals surface area contributed by atoms with Crippen LogP contribution in [0.4, 0.5) is 11.5 Å². The highest BCUT2D eigenvalue weighted by atomic mass is 16.1. The van der Waals surface area contributed by atoms with Crippen molar-refractivity contribution in [3.05, 3.63) is 10.4 Å². The summed E-state index contributed by atoms with van der Waals surface area (Å²) >= 11 is 0. The van der Waals surface area contributed by atoms with Crippen molar-refractivity contribution in [3.8, 4) is 0 Å². The van der Waals surface area contributed by atoms with Crippen molar-refractivity contribution in [2.75, 3.05) is 5.73 Å². The number of carbonyl (C=O) groups excluding carboxylic acids is 1. The SMILES string of the molecule is CC(=O)N=Nc1c(N)[nH][nH]c1=O. The van der Waals surface area contributed by atoms with E-state index in [0.29, 0.717) is 0 Å². The molecule has 0 saturated carbocycles. The number of rotatable bonds is 1. The average Bonchev–Trinajstić information content (AvgIpc) is 2.28. The van der Waals surface area contributed by atoms with Gasteiger partial charge in [0.05, 0.1) is 0 Å². The van der Waals surface area contributed by atoms with Crippen LogP contribution in [0.1, 0.15) is 6.92 Å². The van der Waals surface area contributed by atoms with Crippen LogP contribution in [0.5, 0.6) is 0 Å². The number of hydrogen-bond acceptors (Lipinski definition) is 4. The third-order valence-electron chi connectivity index (χ3n) is 1.07. The predicted molar refractivity (Wildman–Crippen MR) is 41.0 cm³/mol. The molecule has 4 N–H and O–H groups in total. The van der Waals surface area contributed by atoms with Crippen LogP contribution in [0.2, 0.25) is 0 Å². The number of amides is 1. The van der Waals surface area contributed by atoms with Gasteiger partial charge < -0.3 is 5.73 Å². The highest BCUT2D eigenvalue weighted by Gasteiger charge is 2.04. The lowest BCUT2D eigenvalue weighted by atomic mass is 10.5. The first-order valence-electron chi connectivity index (χ1n) is 3.09. The summed E-state index contributed by atoms with van der Waals surface area (Å²) in [5, 5.41) is 11.0. The number of azo groups is 1. The maximum atomic E-state index is 10.8. The zero-order valence-corrected chi connectivity index (χ0v) is 6.29. The van der Waals surface area contributed by atoms with E-state index in [4.69, 9.17) is 5.73 Å². The number of aromatic nitrogens is 2. The van der Waals surface area contributed by atoms with Gasteiger partial charge in [-0.05, 0) is 0 Å². The Hall–Kier alpha value is -1.92. The topological polar surface area (TPSA) is 116 Å². The molecule has 1 amide bonds. The van der Waals surface area contributed by atoms with Crippen LogP contribution in [0, 0.1) is 0 Å². The fourth-order valence-electron chi connectivity index (χ4n) is 0.585. The molecule has 7 heteroatoms. The van der Waals surface area contributed by atoms with Crippen molar-refractivity contribution in [2.24, 2.45) is 10.2 Å². The van der Waals surface area contributed by atoms with Crippen molar-refractivity contribution >= 4 is 17.4 Å². The van der Waals surface area contributed by atoms with Gasteiger partial charge in [-0.2, -0.15) is 0 Å². The number of hydrogen-bond donors (Lipinski definition) is 3.